The fraction of sp³-hybridized carbons (Fsp3) is 0.550. The van der Waals surface area contributed by atoms with E-state index >= 15 is 0 Å². The van der Waals surface area contributed by atoms with Crippen molar-refractivity contribution < 1.29 is 0 Å². The van der Waals surface area contributed by atoms with Crippen molar-refractivity contribution in [3.8, 4) is 11.4 Å². The highest BCUT2D eigenvalue weighted by molar-refractivity contribution is 5.58. The number of hydrogen-bond acceptors (Lipinski definition) is 5. The third-order valence-corrected chi connectivity index (χ3v) is 4.84. The molecule has 0 aromatic carbocycles. The number of rotatable bonds is 3. The first kappa shape index (κ1) is 17.8. The molecule has 5 nitrogen and oxygen atoms in total. The van der Waals surface area contributed by atoms with Crippen molar-refractivity contribution in [2.24, 2.45) is 0 Å². The maximum absolute atomic E-state index is 4.81. The third kappa shape index (κ3) is 4.15. The lowest BCUT2D eigenvalue weighted by Gasteiger charge is -2.46. The monoisotopic (exact) mass is 339 g/mol. The molecule has 1 fully saturated rings. The summed E-state index contributed by atoms with van der Waals surface area (Å²) in [7, 11) is 0. The van der Waals surface area contributed by atoms with Crippen molar-refractivity contribution in [1.82, 2.24) is 20.3 Å². The van der Waals surface area contributed by atoms with Gasteiger partial charge in [0.25, 0.3) is 0 Å². The summed E-state index contributed by atoms with van der Waals surface area (Å²) in [5, 5.41) is 7.43. The van der Waals surface area contributed by atoms with Crippen molar-refractivity contribution in [2.75, 3.05) is 5.32 Å². The summed E-state index contributed by atoms with van der Waals surface area (Å²) in [6, 6.07) is 4.29. The lowest BCUT2D eigenvalue weighted by molar-refractivity contribution is 0.170. The second-order valence-corrected chi connectivity index (χ2v) is 8.49. The van der Waals surface area contributed by atoms with Gasteiger partial charge < -0.3 is 10.6 Å². The molecule has 1 aliphatic heterocycles. The Hall–Kier alpha value is -2.01. The van der Waals surface area contributed by atoms with Crippen LogP contribution in [-0.2, 0) is 0 Å². The van der Waals surface area contributed by atoms with Crippen LogP contribution in [0.3, 0.4) is 0 Å². The molecular weight excluding hydrogens is 310 g/mol. The van der Waals surface area contributed by atoms with Crippen molar-refractivity contribution in [3.63, 3.8) is 0 Å². The van der Waals surface area contributed by atoms with Gasteiger partial charge in [-0.05, 0) is 66.5 Å². The van der Waals surface area contributed by atoms with Gasteiger partial charge in [-0.15, -0.1) is 0 Å². The van der Waals surface area contributed by atoms with Crippen LogP contribution in [0.4, 0.5) is 5.82 Å². The smallest absolute Gasteiger partial charge is 0.163 e. The largest absolute Gasteiger partial charge is 0.367 e. The van der Waals surface area contributed by atoms with E-state index in [0.717, 1.165) is 41.3 Å². The molecule has 1 saturated heterocycles. The van der Waals surface area contributed by atoms with Crippen LogP contribution in [-0.4, -0.2) is 32.1 Å². The molecule has 3 rings (SSSR count). The highest BCUT2D eigenvalue weighted by Gasteiger charge is 2.37. The summed E-state index contributed by atoms with van der Waals surface area (Å²) in [5.74, 6) is 1.66. The second-order valence-electron chi connectivity index (χ2n) is 8.49. The summed E-state index contributed by atoms with van der Waals surface area (Å²) in [6.45, 7) is 13.2. The van der Waals surface area contributed by atoms with Crippen LogP contribution >= 0.6 is 0 Å². The van der Waals surface area contributed by atoms with Crippen molar-refractivity contribution >= 4 is 5.82 Å². The SMILES string of the molecule is Cc1nc(-c2cccnc2)nc(NC2CC(C)(C)NC(C)(C)C2)c1C. The number of aromatic nitrogens is 3. The number of aryl methyl sites for hydroxylation is 1. The number of nitrogens with one attached hydrogen (secondary N) is 2. The van der Waals surface area contributed by atoms with Gasteiger partial charge in [-0.3, -0.25) is 4.98 Å². The van der Waals surface area contributed by atoms with Crippen LogP contribution in [0.5, 0.6) is 0 Å². The Morgan fingerprint density at radius 1 is 1.08 bits per heavy atom. The predicted octanol–water partition coefficient (Wildman–Crippen LogP) is 3.88. The Labute approximate surface area is 150 Å². The van der Waals surface area contributed by atoms with E-state index in [2.05, 4.69) is 55.2 Å². The topological polar surface area (TPSA) is 62.7 Å². The molecular formula is C20H29N5. The zero-order valence-corrected chi connectivity index (χ0v) is 16.1. The lowest BCUT2D eigenvalue weighted by atomic mass is 9.79. The fourth-order valence-corrected chi connectivity index (χ4v) is 4.01. The molecule has 0 bridgehead atoms. The van der Waals surface area contributed by atoms with E-state index in [-0.39, 0.29) is 11.1 Å². The van der Waals surface area contributed by atoms with Gasteiger partial charge in [-0.2, -0.15) is 0 Å². The Morgan fingerprint density at radius 3 is 2.36 bits per heavy atom. The summed E-state index contributed by atoms with van der Waals surface area (Å²) >= 11 is 0. The molecule has 3 heterocycles. The summed E-state index contributed by atoms with van der Waals surface area (Å²) < 4.78 is 0. The molecule has 0 unspecified atom stereocenters. The van der Waals surface area contributed by atoms with Crippen molar-refractivity contribution in [1.29, 1.82) is 0 Å². The molecule has 0 atom stereocenters. The molecule has 25 heavy (non-hydrogen) atoms. The molecule has 0 amide bonds. The minimum absolute atomic E-state index is 0.0988. The van der Waals surface area contributed by atoms with Crippen LogP contribution in [0, 0.1) is 13.8 Å². The van der Waals surface area contributed by atoms with E-state index < -0.39 is 0 Å². The molecule has 0 radical (unpaired) electrons. The molecule has 5 heteroatoms. The van der Waals surface area contributed by atoms with E-state index in [1.165, 1.54) is 0 Å². The van der Waals surface area contributed by atoms with Gasteiger partial charge in [0, 0.05) is 46.3 Å². The molecule has 2 N–H and O–H groups in total. The number of anilines is 1. The molecule has 134 valence electrons. The molecule has 0 saturated carbocycles. The number of nitrogens with zero attached hydrogens (tertiary/aromatic N) is 3. The first-order valence-electron chi connectivity index (χ1n) is 8.97. The van der Waals surface area contributed by atoms with Crippen molar-refractivity contribution in [2.45, 2.75) is 71.5 Å². The standard InChI is InChI=1S/C20H29N5/c1-13-14(2)22-18(15-8-7-9-21-12-15)24-17(13)23-16-10-19(3,4)25-20(5,6)11-16/h7-9,12,16,25H,10-11H2,1-6H3,(H,22,23,24). The average Bonchev–Trinajstić information content (AvgIpc) is 2.49. The van der Waals surface area contributed by atoms with Gasteiger partial charge in [0.05, 0.1) is 0 Å². The number of piperidine rings is 1. The van der Waals surface area contributed by atoms with Gasteiger partial charge in [-0.1, -0.05) is 0 Å². The maximum atomic E-state index is 4.81. The summed E-state index contributed by atoms with van der Waals surface area (Å²) in [4.78, 5) is 13.6. The highest BCUT2D eigenvalue weighted by atomic mass is 15.1. The van der Waals surface area contributed by atoms with Crippen LogP contribution in [0.25, 0.3) is 11.4 Å². The zero-order chi connectivity index (χ0) is 18.2. The highest BCUT2D eigenvalue weighted by Crippen LogP contribution is 2.31. The zero-order valence-electron chi connectivity index (χ0n) is 16.1. The second kappa shape index (κ2) is 6.37. The predicted molar refractivity (Wildman–Crippen MR) is 103 cm³/mol. The van der Waals surface area contributed by atoms with Crippen LogP contribution in [0.2, 0.25) is 0 Å². The Kier molecular flexibility index (Phi) is 4.54. The third-order valence-electron chi connectivity index (χ3n) is 4.84. The van der Waals surface area contributed by atoms with Gasteiger partial charge in [-0.25, -0.2) is 9.97 Å². The Morgan fingerprint density at radius 2 is 1.76 bits per heavy atom. The van der Waals surface area contributed by atoms with E-state index in [1.54, 1.807) is 6.20 Å². The normalized spacial score (nSPS) is 19.6. The molecule has 2 aromatic heterocycles. The van der Waals surface area contributed by atoms with Gasteiger partial charge >= 0.3 is 0 Å². The number of pyridine rings is 1. The van der Waals surface area contributed by atoms with Crippen LogP contribution in [0.1, 0.15) is 51.8 Å². The van der Waals surface area contributed by atoms with E-state index in [1.807, 2.05) is 25.3 Å². The average molecular weight is 339 g/mol. The van der Waals surface area contributed by atoms with E-state index in [9.17, 15) is 0 Å². The molecule has 0 spiro atoms. The fourth-order valence-electron chi connectivity index (χ4n) is 4.01. The van der Waals surface area contributed by atoms with Gasteiger partial charge in [0.1, 0.15) is 5.82 Å². The first-order valence-corrected chi connectivity index (χ1v) is 8.97. The molecule has 1 aliphatic rings. The minimum atomic E-state index is 0.0988. The molecule has 2 aromatic rings. The molecule has 0 aliphatic carbocycles. The maximum Gasteiger partial charge on any atom is 0.163 e. The van der Waals surface area contributed by atoms with Crippen LogP contribution < -0.4 is 10.6 Å². The summed E-state index contributed by atoms with van der Waals surface area (Å²) in [6.07, 6.45) is 5.69. The first-order chi connectivity index (χ1) is 11.7. The Bertz CT molecular complexity index is 736. The number of hydrogen-bond donors (Lipinski definition) is 2. The van der Waals surface area contributed by atoms with E-state index in [4.69, 9.17) is 4.98 Å². The quantitative estimate of drug-likeness (QED) is 0.888. The van der Waals surface area contributed by atoms with Gasteiger partial charge in [0.2, 0.25) is 0 Å². The Balaban J connectivity index is 1.91. The summed E-state index contributed by atoms with van der Waals surface area (Å²) in [5.41, 5.74) is 3.26. The van der Waals surface area contributed by atoms with Gasteiger partial charge in [0.15, 0.2) is 5.82 Å². The lowest BCUT2D eigenvalue weighted by Crippen LogP contribution is -2.60. The van der Waals surface area contributed by atoms with E-state index in [0.29, 0.717) is 6.04 Å². The minimum Gasteiger partial charge on any atom is -0.367 e. The van der Waals surface area contributed by atoms with Crippen LogP contribution in [0.15, 0.2) is 24.5 Å². The van der Waals surface area contributed by atoms with Crippen molar-refractivity contribution in [3.05, 3.63) is 35.8 Å².